The zero-order valence-corrected chi connectivity index (χ0v) is 14.1. The number of hydrogen-bond donors (Lipinski definition) is 1. The van der Waals surface area contributed by atoms with Gasteiger partial charge in [0.05, 0.1) is 15.9 Å². The Morgan fingerprint density at radius 3 is 2.65 bits per heavy atom. The van der Waals surface area contributed by atoms with Crippen molar-refractivity contribution < 1.29 is 9.21 Å². The lowest BCUT2D eigenvalue weighted by molar-refractivity contribution is 0.0981. The molecule has 2 heterocycles. The Bertz CT molecular complexity index is 1180. The van der Waals surface area contributed by atoms with Crippen LogP contribution in [0.5, 0.6) is 0 Å². The Hall–Kier alpha value is -3.38. The first-order valence-electron chi connectivity index (χ1n) is 7.76. The van der Waals surface area contributed by atoms with Crippen molar-refractivity contribution in [1.29, 1.82) is 0 Å². The van der Waals surface area contributed by atoms with Gasteiger partial charge in [0.25, 0.3) is 5.56 Å². The first kappa shape index (κ1) is 16.1. The van der Waals surface area contributed by atoms with Crippen LogP contribution in [0.3, 0.4) is 0 Å². The number of para-hydroxylation sites is 1. The standard InChI is InChI=1S/C19H12ClN3O3/c20-14-7-3-1-5-12(14)16-9-10-17(26-16)18(24)22-23-11-21-15-8-4-2-6-13(15)19(23)25/h1-11H,(H,22,24). The van der Waals surface area contributed by atoms with Crippen molar-refractivity contribution in [3.63, 3.8) is 0 Å². The number of amides is 1. The third-order valence-corrected chi connectivity index (χ3v) is 4.19. The van der Waals surface area contributed by atoms with Gasteiger partial charge in [0.15, 0.2) is 5.76 Å². The van der Waals surface area contributed by atoms with Crippen LogP contribution in [-0.4, -0.2) is 15.6 Å². The van der Waals surface area contributed by atoms with E-state index in [1.807, 2.05) is 12.1 Å². The summed E-state index contributed by atoms with van der Waals surface area (Å²) in [7, 11) is 0. The van der Waals surface area contributed by atoms with Crippen LogP contribution < -0.4 is 11.0 Å². The number of nitrogens with zero attached hydrogens (tertiary/aromatic N) is 2. The van der Waals surface area contributed by atoms with Crippen LogP contribution in [0.2, 0.25) is 5.02 Å². The molecule has 0 saturated carbocycles. The summed E-state index contributed by atoms with van der Waals surface area (Å²) in [4.78, 5) is 29.0. The van der Waals surface area contributed by atoms with E-state index in [-0.39, 0.29) is 11.3 Å². The van der Waals surface area contributed by atoms with Crippen molar-refractivity contribution in [2.45, 2.75) is 0 Å². The molecule has 0 spiro atoms. The van der Waals surface area contributed by atoms with Gasteiger partial charge < -0.3 is 4.42 Å². The molecule has 0 aliphatic rings. The van der Waals surface area contributed by atoms with Crippen molar-refractivity contribution in [1.82, 2.24) is 9.66 Å². The number of carbonyl (C=O) groups excluding carboxylic acids is 1. The molecule has 0 unspecified atom stereocenters. The highest BCUT2D eigenvalue weighted by Crippen LogP contribution is 2.29. The summed E-state index contributed by atoms with van der Waals surface area (Å²) in [5.41, 5.74) is 3.34. The van der Waals surface area contributed by atoms with Crippen LogP contribution >= 0.6 is 11.6 Å². The lowest BCUT2D eigenvalue weighted by atomic mass is 10.2. The van der Waals surface area contributed by atoms with Gasteiger partial charge in [0, 0.05) is 5.56 Å². The van der Waals surface area contributed by atoms with E-state index in [4.69, 9.17) is 16.0 Å². The van der Waals surface area contributed by atoms with Crippen molar-refractivity contribution in [2.24, 2.45) is 0 Å². The topological polar surface area (TPSA) is 77.1 Å². The highest BCUT2D eigenvalue weighted by molar-refractivity contribution is 6.33. The molecule has 4 rings (SSSR count). The normalized spacial score (nSPS) is 10.8. The maximum atomic E-state index is 12.4. The van der Waals surface area contributed by atoms with Gasteiger partial charge in [0.2, 0.25) is 0 Å². The minimum Gasteiger partial charge on any atom is -0.451 e. The molecule has 4 aromatic rings. The van der Waals surface area contributed by atoms with E-state index in [1.165, 1.54) is 12.4 Å². The Morgan fingerprint density at radius 1 is 1.04 bits per heavy atom. The molecule has 0 saturated heterocycles. The fraction of sp³-hybridized carbons (Fsp3) is 0. The van der Waals surface area contributed by atoms with E-state index in [2.05, 4.69) is 10.4 Å². The predicted octanol–water partition coefficient (Wildman–Crippen LogP) is 3.69. The first-order valence-corrected chi connectivity index (χ1v) is 8.14. The average Bonchev–Trinajstić information content (AvgIpc) is 3.15. The Labute approximate surface area is 152 Å². The van der Waals surface area contributed by atoms with Gasteiger partial charge in [-0.05, 0) is 36.4 Å². The Balaban J connectivity index is 1.63. The third kappa shape index (κ3) is 2.87. The van der Waals surface area contributed by atoms with Gasteiger partial charge in [-0.25, -0.2) is 9.66 Å². The van der Waals surface area contributed by atoms with Crippen LogP contribution in [0.15, 0.2) is 76.2 Å². The number of aromatic nitrogens is 2. The summed E-state index contributed by atoms with van der Waals surface area (Å²) in [6.07, 6.45) is 1.26. The van der Waals surface area contributed by atoms with Gasteiger partial charge in [-0.1, -0.05) is 35.9 Å². The number of nitrogens with one attached hydrogen (secondary N) is 1. The highest BCUT2D eigenvalue weighted by Gasteiger charge is 2.15. The second-order valence-corrected chi connectivity index (χ2v) is 5.93. The van der Waals surface area contributed by atoms with E-state index in [9.17, 15) is 9.59 Å². The van der Waals surface area contributed by atoms with Crippen molar-refractivity contribution in [2.75, 3.05) is 5.43 Å². The summed E-state index contributed by atoms with van der Waals surface area (Å²) >= 11 is 6.14. The van der Waals surface area contributed by atoms with Crippen molar-refractivity contribution >= 4 is 28.4 Å². The van der Waals surface area contributed by atoms with Crippen LogP contribution in [0.1, 0.15) is 10.6 Å². The predicted molar refractivity (Wildman–Crippen MR) is 98.8 cm³/mol. The van der Waals surface area contributed by atoms with Crippen molar-refractivity contribution in [3.8, 4) is 11.3 Å². The highest BCUT2D eigenvalue weighted by atomic mass is 35.5. The molecule has 0 radical (unpaired) electrons. The van der Waals surface area contributed by atoms with Crippen LogP contribution in [0, 0.1) is 0 Å². The molecule has 0 bridgehead atoms. The fourth-order valence-corrected chi connectivity index (χ4v) is 2.81. The summed E-state index contributed by atoms with van der Waals surface area (Å²) in [6.45, 7) is 0. The summed E-state index contributed by atoms with van der Waals surface area (Å²) in [6, 6.07) is 17.2. The number of rotatable bonds is 3. The molecule has 128 valence electrons. The number of carbonyl (C=O) groups is 1. The molecular weight excluding hydrogens is 354 g/mol. The minimum absolute atomic E-state index is 0.0555. The molecule has 0 aliphatic carbocycles. The third-order valence-electron chi connectivity index (χ3n) is 3.86. The number of hydrogen-bond acceptors (Lipinski definition) is 4. The maximum Gasteiger partial charge on any atom is 0.305 e. The zero-order chi connectivity index (χ0) is 18.1. The Kier molecular flexibility index (Phi) is 4.02. The van der Waals surface area contributed by atoms with Gasteiger partial charge in [-0.15, -0.1) is 0 Å². The smallest absolute Gasteiger partial charge is 0.305 e. The minimum atomic E-state index is -0.567. The van der Waals surface area contributed by atoms with Gasteiger partial charge in [-0.2, -0.15) is 0 Å². The van der Waals surface area contributed by atoms with E-state index in [0.717, 1.165) is 4.68 Å². The Morgan fingerprint density at radius 2 is 1.81 bits per heavy atom. The van der Waals surface area contributed by atoms with Gasteiger partial charge >= 0.3 is 5.91 Å². The van der Waals surface area contributed by atoms with Crippen molar-refractivity contribution in [3.05, 3.63) is 88.1 Å². The van der Waals surface area contributed by atoms with Crippen LogP contribution in [0.4, 0.5) is 0 Å². The second kappa shape index (κ2) is 6.50. The summed E-state index contributed by atoms with van der Waals surface area (Å²) < 4.78 is 6.61. The molecule has 0 fully saturated rings. The number of benzene rings is 2. The molecule has 7 heteroatoms. The summed E-state index contributed by atoms with van der Waals surface area (Å²) in [5.74, 6) is -0.0489. The average molecular weight is 366 g/mol. The molecule has 0 aliphatic heterocycles. The molecule has 0 atom stereocenters. The molecule has 1 N–H and O–H groups in total. The number of halogens is 1. The van der Waals surface area contributed by atoms with E-state index in [0.29, 0.717) is 27.2 Å². The SMILES string of the molecule is O=C(Nn1cnc2ccccc2c1=O)c1ccc(-c2ccccc2Cl)o1. The fourth-order valence-electron chi connectivity index (χ4n) is 2.58. The van der Waals surface area contributed by atoms with E-state index >= 15 is 0 Å². The lowest BCUT2D eigenvalue weighted by Crippen LogP contribution is -2.33. The molecular formula is C19H12ClN3O3. The quantitative estimate of drug-likeness (QED) is 0.600. The second-order valence-electron chi connectivity index (χ2n) is 5.52. The number of furan rings is 1. The van der Waals surface area contributed by atoms with Gasteiger partial charge in [0.1, 0.15) is 12.1 Å². The summed E-state index contributed by atoms with van der Waals surface area (Å²) in [5, 5.41) is 0.926. The van der Waals surface area contributed by atoms with Crippen LogP contribution in [-0.2, 0) is 0 Å². The zero-order valence-electron chi connectivity index (χ0n) is 13.3. The van der Waals surface area contributed by atoms with Crippen LogP contribution in [0.25, 0.3) is 22.2 Å². The lowest BCUT2D eigenvalue weighted by Gasteiger charge is -2.07. The van der Waals surface area contributed by atoms with Gasteiger partial charge in [-0.3, -0.25) is 15.0 Å². The number of fused-ring (bicyclic) bond motifs is 1. The molecule has 26 heavy (non-hydrogen) atoms. The maximum absolute atomic E-state index is 12.4. The van der Waals surface area contributed by atoms with E-state index < -0.39 is 5.91 Å². The largest absolute Gasteiger partial charge is 0.451 e. The first-order chi connectivity index (χ1) is 12.6. The molecule has 1 amide bonds. The molecule has 2 aromatic heterocycles. The molecule has 6 nitrogen and oxygen atoms in total. The monoisotopic (exact) mass is 365 g/mol. The molecule has 2 aromatic carbocycles. The van der Waals surface area contributed by atoms with E-state index in [1.54, 1.807) is 42.5 Å².